The summed E-state index contributed by atoms with van der Waals surface area (Å²) in [6.45, 7) is 2.04. The molecule has 0 aromatic heterocycles. The normalized spacial score (nSPS) is 12.6. The number of halogens is 1. The number of ether oxygens (including phenoxy) is 3. The molecule has 0 amide bonds. The molecule has 0 saturated carbocycles. The van der Waals surface area contributed by atoms with Crippen LogP contribution in [0.3, 0.4) is 0 Å². The Morgan fingerprint density at radius 3 is 3.00 bits per heavy atom. The van der Waals surface area contributed by atoms with Crippen molar-refractivity contribution in [3.63, 3.8) is 0 Å². The Balaban J connectivity index is 2.07. The quantitative estimate of drug-likeness (QED) is 0.845. The average Bonchev–Trinajstić information content (AvgIpc) is 2.78. The maximum Gasteiger partial charge on any atom is 0.231 e. The minimum Gasteiger partial charge on any atom is -0.481 e. The highest BCUT2D eigenvalue weighted by Crippen LogP contribution is 2.45. The zero-order chi connectivity index (χ0) is 12.3. The van der Waals surface area contributed by atoms with Gasteiger partial charge in [0, 0.05) is 0 Å². The summed E-state index contributed by atoms with van der Waals surface area (Å²) in [7, 11) is 0. The standard InChI is InChI=1S/C11H11ClO4S/c1-2-17-9(13)5-14-8-4-3-7(12)10-11(8)16-6-15-10/h3-4H,2,5-6H2,1H3. The molecule has 0 fully saturated rings. The molecular formula is C11H11ClO4S. The zero-order valence-electron chi connectivity index (χ0n) is 9.20. The third-order valence-corrected chi connectivity index (χ3v) is 3.11. The summed E-state index contributed by atoms with van der Waals surface area (Å²) in [5.41, 5.74) is 0. The molecule has 0 bridgehead atoms. The highest BCUT2D eigenvalue weighted by molar-refractivity contribution is 8.13. The van der Waals surface area contributed by atoms with Crippen LogP contribution in [0.25, 0.3) is 0 Å². The van der Waals surface area contributed by atoms with Gasteiger partial charge in [-0.15, -0.1) is 0 Å². The first-order valence-corrected chi connectivity index (χ1v) is 6.45. The first kappa shape index (κ1) is 12.4. The van der Waals surface area contributed by atoms with Crippen LogP contribution in [0.15, 0.2) is 12.1 Å². The summed E-state index contributed by atoms with van der Waals surface area (Å²) in [6.07, 6.45) is 0. The van der Waals surface area contributed by atoms with Crippen molar-refractivity contribution in [3.05, 3.63) is 17.2 Å². The maximum atomic E-state index is 11.3. The van der Waals surface area contributed by atoms with Crippen LogP contribution in [0.5, 0.6) is 17.2 Å². The average molecular weight is 275 g/mol. The van der Waals surface area contributed by atoms with E-state index < -0.39 is 0 Å². The Kier molecular flexibility index (Phi) is 4.02. The van der Waals surface area contributed by atoms with E-state index in [9.17, 15) is 4.79 Å². The van der Waals surface area contributed by atoms with E-state index in [1.165, 1.54) is 11.8 Å². The smallest absolute Gasteiger partial charge is 0.231 e. The molecular weight excluding hydrogens is 264 g/mol. The van der Waals surface area contributed by atoms with Crippen molar-refractivity contribution in [1.29, 1.82) is 0 Å². The molecule has 4 nitrogen and oxygen atoms in total. The lowest BCUT2D eigenvalue weighted by Crippen LogP contribution is -2.08. The Hall–Kier alpha value is -1.07. The molecule has 0 unspecified atom stereocenters. The second-order valence-corrected chi connectivity index (χ2v) is 4.93. The number of thioether (sulfide) groups is 1. The highest BCUT2D eigenvalue weighted by Gasteiger charge is 2.22. The van der Waals surface area contributed by atoms with E-state index in [1.807, 2.05) is 6.92 Å². The number of fused-ring (bicyclic) bond motifs is 1. The van der Waals surface area contributed by atoms with E-state index in [0.717, 1.165) is 5.75 Å². The van der Waals surface area contributed by atoms with E-state index in [1.54, 1.807) is 12.1 Å². The molecule has 1 aliphatic rings. The van der Waals surface area contributed by atoms with Gasteiger partial charge in [0.05, 0.1) is 5.02 Å². The summed E-state index contributed by atoms with van der Waals surface area (Å²) in [5, 5.41) is 0.453. The minimum absolute atomic E-state index is 0.00986. The van der Waals surface area contributed by atoms with Gasteiger partial charge in [0.1, 0.15) is 0 Å². The first-order chi connectivity index (χ1) is 8.22. The Labute approximate surface area is 108 Å². The second-order valence-electron chi connectivity index (χ2n) is 3.20. The number of carbonyl (C=O) groups is 1. The molecule has 0 spiro atoms. The second kappa shape index (κ2) is 5.51. The Bertz CT molecular complexity index is 436. The topological polar surface area (TPSA) is 44.8 Å². The molecule has 1 heterocycles. The number of benzene rings is 1. The first-order valence-electron chi connectivity index (χ1n) is 5.09. The zero-order valence-corrected chi connectivity index (χ0v) is 10.8. The van der Waals surface area contributed by atoms with Gasteiger partial charge in [-0.1, -0.05) is 30.3 Å². The molecule has 2 rings (SSSR count). The van der Waals surface area contributed by atoms with E-state index in [0.29, 0.717) is 22.3 Å². The fourth-order valence-electron chi connectivity index (χ4n) is 1.39. The highest BCUT2D eigenvalue weighted by atomic mass is 35.5. The van der Waals surface area contributed by atoms with Crippen molar-refractivity contribution in [2.75, 3.05) is 19.2 Å². The van der Waals surface area contributed by atoms with Gasteiger partial charge in [0.2, 0.25) is 17.7 Å². The van der Waals surface area contributed by atoms with Crippen molar-refractivity contribution in [2.45, 2.75) is 6.92 Å². The van der Waals surface area contributed by atoms with Gasteiger partial charge >= 0.3 is 0 Å². The largest absolute Gasteiger partial charge is 0.481 e. The molecule has 0 saturated heterocycles. The molecule has 0 N–H and O–H groups in total. The Morgan fingerprint density at radius 2 is 2.24 bits per heavy atom. The van der Waals surface area contributed by atoms with Gasteiger partial charge in [-0.05, 0) is 17.9 Å². The fourth-order valence-corrected chi connectivity index (χ4v) is 2.06. The lowest BCUT2D eigenvalue weighted by Gasteiger charge is -2.08. The van der Waals surface area contributed by atoms with E-state index in [-0.39, 0.29) is 18.5 Å². The SMILES string of the molecule is CCSC(=O)COc1ccc(Cl)c2c1OCO2. The van der Waals surface area contributed by atoms with Crippen LogP contribution in [0.1, 0.15) is 6.92 Å². The number of carbonyl (C=O) groups excluding carboxylic acids is 1. The molecule has 1 aliphatic heterocycles. The number of hydrogen-bond donors (Lipinski definition) is 0. The molecule has 1 aromatic carbocycles. The van der Waals surface area contributed by atoms with Crippen molar-refractivity contribution in [2.24, 2.45) is 0 Å². The third kappa shape index (κ3) is 2.79. The molecule has 0 atom stereocenters. The van der Waals surface area contributed by atoms with Crippen molar-refractivity contribution in [1.82, 2.24) is 0 Å². The summed E-state index contributed by atoms with van der Waals surface area (Å²) in [6, 6.07) is 3.32. The molecule has 17 heavy (non-hydrogen) atoms. The predicted octanol–water partition coefficient (Wildman–Crippen LogP) is 2.73. The van der Waals surface area contributed by atoms with Crippen LogP contribution in [0, 0.1) is 0 Å². The van der Waals surface area contributed by atoms with Crippen molar-refractivity contribution < 1.29 is 19.0 Å². The van der Waals surface area contributed by atoms with Crippen LogP contribution in [-0.4, -0.2) is 24.3 Å². The molecule has 92 valence electrons. The van der Waals surface area contributed by atoms with E-state index in [4.69, 9.17) is 25.8 Å². The molecule has 0 aliphatic carbocycles. The lowest BCUT2D eigenvalue weighted by molar-refractivity contribution is -0.112. The van der Waals surface area contributed by atoms with Crippen LogP contribution in [0.2, 0.25) is 5.02 Å². The van der Waals surface area contributed by atoms with Gasteiger partial charge in [0.25, 0.3) is 0 Å². The van der Waals surface area contributed by atoms with Crippen LogP contribution < -0.4 is 14.2 Å². The predicted molar refractivity (Wildman–Crippen MR) is 66.2 cm³/mol. The Morgan fingerprint density at radius 1 is 1.47 bits per heavy atom. The maximum absolute atomic E-state index is 11.3. The fraction of sp³-hybridized carbons (Fsp3) is 0.364. The van der Waals surface area contributed by atoms with Gasteiger partial charge < -0.3 is 14.2 Å². The van der Waals surface area contributed by atoms with Gasteiger partial charge in [0.15, 0.2) is 18.1 Å². The molecule has 6 heteroatoms. The van der Waals surface area contributed by atoms with Crippen molar-refractivity contribution >= 4 is 28.5 Å². The van der Waals surface area contributed by atoms with Crippen LogP contribution >= 0.6 is 23.4 Å². The van der Waals surface area contributed by atoms with Gasteiger partial charge in [-0.2, -0.15) is 0 Å². The lowest BCUT2D eigenvalue weighted by atomic mass is 10.3. The molecule has 1 aromatic rings. The number of hydrogen-bond acceptors (Lipinski definition) is 5. The summed E-state index contributed by atoms with van der Waals surface area (Å²) < 4.78 is 15.8. The summed E-state index contributed by atoms with van der Waals surface area (Å²) >= 11 is 7.15. The third-order valence-electron chi connectivity index (χ3n) is 2.09. The van der Waals surface area contributed by atoms with Gasteiger partial charge in [-0.3, -0.25) is 4.79 Å². The van der Waals surface area contributed by atoms with Gasteiger partial charge in [-0.25, -0.2) is 0 Å². The van der Waals surface area contributed by atoms with Crippen molar-refractivity contribution in [3.8, 4) is 17.2 Å². The van der Waals surface area contributed by atoms with Crippen LogP contribution in [-0.2, 0) is 4.79 Å². The summed E-state index contributed by atoms with van der Waals surface area (Å²) in [4.78, 5) is 11.3. The van der Waals surface area contributed by atoms with E-state index in [2.05, 4.69) is 0 Å². The summed E-state index contributed by atoms with van der Waals surface area (Å²) in [5.74, 6) is 2.15. The van der Waals surface area contributed by atoms with E-state index >= 15 is 0 Å². The minimum atomic E-state index is -0.0184. The molecule has 0 radical (unpaired) electrons. The van der Waals surface area contributed by atoms with Crippen LogP contribution in [0.4, 0.5) is 0 Å². The number of rotatable bonds is 4. The monoisotopic (exact) mass is 274 g/mol.